The SMILES string of the molecule is CCNC(=NCc1ncc(-c2ccccc2)[nH]1)N1CCC(OCC2CCCCO2)CC1. The van der Waals surface area contributed by atoms with Crippen LogP contribution in [0.2, 0.25) is 0 Å². The number of aromatic nitrogens is 2. The fourth-order valence-electron chi connectivity index (χ4n) is 4.20. The molecule has 2 fully saturated rings. The predicted molar refractivity (Wildman–Crippen MR) is 123 cm³/mol. The van der Waals surface area contributed by atoms with Crippen LogP contribution in [0.5, 0.6) is 0 Å². The summed E-state index contributed by atoms with van der Waals surface area (Å²) in [4.78, 5) is 15.1. The van der Waals surface area contributed by atoms with Gasteiger partial charge < -0.3 is 24.7 Å². The Labute approximate surface area is 185 Å². The van der Waals surface area contributed by atoms with E-state index in [1.807, 2.05) is 24.4 Å². The first kappa shape index (κ1) is 21.8. The van der Waals surface area contributed by atoms with Crippen molar-refractivity contribution < 1.29 is 9.47 Å². The molecular formula is C24H35N5O2. The number of nitrogens with one attached hydrogen (secondary N) is 2. The maximum Gasteiger partial charge on any atom is 0.194 e. The molecule has 2 aliphatic heterocycles. The van der Waals surface area contributed by atoms with Crippen molar-refractivity contribution in [2.45, 2.75) is 57.8 Å². The molecule has 0 bridgehead atoms. The van der Waals surface area contributed by atoms with Crippen LogP contribution in [-0.4, -0.2) is 65.9 Å². The van der Waals surface area contributed by atoms with Crippen LogP contribution in [0.25, 0.3) is 11.3 Å². The minimum absolute atomic E-state index is 0.291. The lowest BCUT2D eigenvalue weighted by Crippen LogP contribution is -2.47. The number of hydrogen-bond acceptors (Lipinski definition) is 4. The van der Waals surface area contributed by atoms with E-state index in [1.165, 1.54) is 12.8 Å². The molecule has 31 heavy (non-hydrogen) atoms. The van der Waals surface area contributed by atoms with Gasteiger partial charge in [0, 0.05) is 26.2 Å². The van der Waals surface area contributed by atoms with Gasteiger partial charge in [-0.15, -0.1) is 0 Å². The molecule has 1 unspecified atom stereocenters. The topological polar surface area (TPSA) is 74.8 Å². The molecule has 0 saturated carbocycles. The number of aromatic amines is 1. The number of aliphatic imine (C=N–C) groups is 1. The zero-order valence-electron chi connectivity index (χ0n) is 18.6. The van der Waals surface area contributed by atoms with Gasteiger partial charge in [0.25, 0.3) is 0 Å². The number of H-pyrrole nitrogens is 1. The van der Waals surface area contributed by atoms with Gasteiger partial charge >= 0.3 is 0 Å². The lowest BCUT2D eigenvalue weighted by molar-refractivity contribution is -0.0721. The number of ether oxygens (including phenoxy) is 2. The van der Waals surface area contributed by atoms with Crippen molar-refractivity contribution in [3.8, 4) is 11.3 Å². The van der Waals surface area contributed by atoms with Gasteiger partial charge in [-0.25, -0.2) is 9.98 Å². The highest BCUT2D eigenvalue weighted by atomic mass is 16.5. The van der Waals surface area contributed by atoms with Crippen LogP contribution in [0.3, 0.4) is 0 Å². The van der Waals surface area contributed by atoms with Crippen molar-refractivity contribution in [1.29, 1.82) is 0 Å². The highest BCUT2D eigenvalue weighted by Crippen LogP contribution is 2.19. The van der Waals surface area contributed by atoms with Gasteiger partial charge in [0.1, 0.15) is 12.4 Å². The summed E-state index contributed by atoms with van der Waals surface area (Å²) < 4.78 is 11.9. The molecule has 0 radical (unpaired) electrons. The normalized spacial score (nSPS) is 20.7. The molecule has 7 nitrogen and oxygen atoms in total. The maximum atomic E-state index is 6.16. The summed E-state index contributed by atoms with van der Waals surface area (Å²) in [6, 6.07) is 10.2. The smallest absolute Gasteiger partial charge is 0.194 e. The Morgan fingerprint density at radius 3 is 2.81 bits per heavy atom. The van der Waals surface area contributed by atoms with Crippen molar-refractivity contribution in [1.82, 2.24) is 20.2 Å². The van der Waals surface area contributed by atoms with Gasteiger partial charge in [-0.1, -0.05) is 30.3 Å². The van der Waals surface area contributed by atoms with Crippen LogP contribution in [0.1, 0.15) is 44.9 Å². The van der Waals surface area contributed by atoms with Crippen LogP contribution in [0.15, 0.2) is 41.5 Å². The van der Waals surface area contributed by atoms with Crippen molar-refractivity contribution in [3.63, 3.8) is 0 Å². The van der Waals surface area contributed by atoms with Crippen LogP contribution in [0.4, 0.5) is 0 Å². The Morgan fingerprint density at radius 1 is 1.23 bits per heavy atom. The molecular weight excluding hydrogens is 390 g/mol. The lowest BCUT2D eigenvalue weighted by Gasteiger charge is -2.35. The number of piperidine rings is 1. The van der Waals surface area contributed by atoms with Crippen molar-refractivity contribution in [3.05, 3.63) is 42.4 Å². The maximum absolute atomic E-state index is 6.16. The van der Waals surface area contributed by atoms with Crippen molar-refractivity contribution in [2.75, 3.05) is 32.8 Å². The van der Waals surface area contributed by atoms with E-state index in [4.69, 9.17) is 14.5 Å². The number of rotatable bonds is 7. The average Bonchev–Trinajstić information content (AvgIpc) is 3.31. The first-order valence-electron chi connectivity index (χ1n) is 11.7. The summed E-state index contributed by atoms with van der Waals surface area (Å²) >= 11 is 0. The van der Waals surface area contributed by atoms with E-state index < -0.39 is 0 Å². The molecule has 1 aromatic carbocycles. The van der Waals surface area contributed by atoms with Crippen LogP contribution in [0, 0.1) is 0 Å². The zero-order chi connectivity index (χ0) is 21.3. The number of likely N-dealkylation sites (tertiary alicyclic amines) is 1. The number of guanidine groups is 1. The second-order valence-electron chi connectivity index (χ2n) is 8.29. The first-order valence-corrected chi connectivity index (χ1v) is 11.7. The monoisotopic (exact) mass is 425 g/mol. The lowest BCUT2D eigenvalue weighted by atomic mass is 10.1. The zero-order valence-corrected chi connectivity index (χ0v) is 18.6. The largest absolute Gasteiger partial charge is 0.376 e. The first-order chi connectivity index (χ1) is 15.3. The number of imidazole rings is 1. The molecule has 1 atom stereocenters. The quantitative estimate of drug-likeness (QED) is 0.524. The van der Waals surface area contributed by atoms with Crippen molar-refractivity contribution >= 4 is 5.96 Å². The van der Waals surface area contributed by atoms with Gasteiger partial charge in [0.05, 0.1) is 30.7 Å². The van der Waals surface area contributed by atoms with E-state index in [-0.39, 0.29) is 0 Å². The van der Waals surface area contributed by atoms with E-state index in [2.05, 4.69) is 39.2 Å². The molecule has 0 spiro atoms. The third-order valence-electron chi connectivity index (χ3n) is 5.96. The molecule has 168 valence electrons. The van der Waals surface area contributed by atoms with Crippen molar-refractivity contribution in [2.24, 2.45) is 4.99 Å². The molecule has 1 aromatic heterocycles. The van der Waals surface area contributed by atoms with Crippen LogP contribution >= 0.6 is 0 Å². The Morgan fingerprint density at radius 2 is 2.06 bits per heavy atom. The van der Waals surface area contributed by atoms with Gasteiger partial charge in [-0.3, -0.25) is 0 Å². The standard InChI is InChI=1S/C24H35N5O2/c1-2-25-24(27-17-23-26-16-22(28-23)19-8-4-3-5-9-19)29-13-11-20(12-14-29)31-18-21-10-6-7-15-30-21/h3-5,8-9,16,20-21H,2,6-7,10-15,17-18H2,1H3,(H,25,27)(H,26,28). The summed E-state index contributed by atoms with van der Waals surface area (Å²) in [6.45, 7) is 7.02. The number of hydrogen-bond donors (Lipinski definition) is 2. The molecule has 2 aliphatic rings. The fraction of sp³-hybridized carbons (Fsp3) is 0.583. The Kier molecular flexibility index (Phi) is 7.96. The molecule has 2 N–H and O–H groups in total. The average molecular weight is 426 g/mol. The van der Waals surface area contributed by atoms with E-state index in [9.17, 15) is 0 Å². The fourth-order valence-corrected chi connectivity index (χ4v) is 4.20. The van der Waals surface area contributed by atoms with Gasteiger partial charge in [0.15, 0.2) is 5.96 Å². The van der Waals surface area contributed by atoms with Crippen LogP contribution < -0.4 is 5.32 Å². The molecule has 7 heteroatoms. The van der Waals surface area contributed by atoms with Gasteiger partial charge in [0.2, 0.25) is 0 Å². The Balaban J connectivity index is 1.27. The van der Waals surface area contributed by atoms with E-state index in [1.54, 1.807) is 0 Å². The summed E-state index contributed by atoms with van der Waals surface area (Å²) in [6.07, 6.45) is 8.13. The molecule has 0 aliphatic carbocycles. The number of benzene rings is 1. The minimum Gasteiger partial charge on any atom is -0.376 e. The third kappa shape index (κ3) is 6.31. The highest BCUT2D eigenvalue weighted by Gasteiger charge is 2.23. The van der Waals surface area contributed by atoms with Crippen LogP contribution in [-0.2, 0) is 16.0 Å². The molecule has 0 amide bonds. The second kappa shape index (κ2) is 11.3. The molecule has 4 rings (SSSR count). The minimum atomic E-state index is 0.291. The Bertz CT molecular complexity index is 808. The third-order valence-corrected chi connectivity index (χ3v) is 5.96. The Hall–Kier alpha value is -2.38. The summed E-state index contributed by atoms with van der Waals surface area (Å²) in [5.74, 6) is 1.83. The van der Waals surface area contributed by atoms with Gasteiger partial charge in [-0.2, -0.15) is 0 Å². The van der Waals surface area contributed by atoms with E-state index in [0.717, 1.165) is 75.2 Å². The summed E-state index contributed by atoms with van der Waals surface area (Å²) in [7, 11) is 0. The summed E-state index contributed by atoms with van der Waals surface area (Å²) in [5, 5.41) is 3.43. The summed E-state index contributed by atoms with van der Waals surface area (Å²) in [5.41, 5.74) is 2.16. The molecule has 2 aromatic rings. The van der Waals surface area contributed by atoms with E-state index >= 15 is 0 Å². The van der Waals surface area contributed by atoms with E-state index in [0.29, 0.717) is 18.8 Å². The predicted octanol–water partition coefficient (Wildman–Crippen LogP) is 3.59. The van der Waals surface area contributed by atoms with Gasteiger partial charge in [-0.05, 0) is 44.6 Å². The molecule has 2 saturated heterocycles. The molecule has 3 heterocycles. The highest BCUT2D eigenvalue weighted by molar-refractivity contribution is 5.80. The second-order valence-corrected chi connectivity index (χ2v) is 8.29. The number of nitrogens with zero attached hydrogens (tertiary/aromatic N) is 3.